The van der Waals surface area contributed by atoms with E-state index in [4.69, 9.17) is 4.99 Å². The Morgan fingerprint density at radius 1 is 0.658 bits per heavy atom. The predicted molar refractivity (Wildman–Crippen MR) is 158 cm³/mol. The molecule has 0 bridgehead atoms. The molecule has 0 saturated heterocycles. The van der Waals surface area contributed by atoms with Crippen molar-refractivity contribution in [2.45, 2.75) is 43.8 Å². The van der Waals surface area contributed by atoms with E-state index in [9.17, 15) is 0 Å². The van der Waals surface area contributed by atoms with Crippen molar-refractivity contribution in [2.24, 2.45) is 4.99 Å². The number of hydrogen-bond acceptors (Lipinski definition) is 3. The minimum absolute atomic E-state index is 0.149. The Morgan fingerprint density at radius 2 is 1.21 bits per heavy atom. The third-order valence-corrected chi connectivity index (χ3v) is 7.85. The summed E-state index contributed by atoms with van der Waals surface area (Å²) >= 11 is 0. The van der Waals surface area contributed by atoms with Crippen LogP contribution in [0.15, 0.2) is 133 Å². The molecule has 0 unspecified atom stereocenters. The molecule has 1 aliphatic heterocycles. The average Bonchev–Trinajstić information content (AvgIpc) is 3.43. The Hall–Kier alpha value is -4.11. The maximum atomic E-state index is 5.18. The molecule has 1 saturated carbocycles. The van der Waals surface area contributed by atoms with Gasteiger partial charge in [-0.25, -0.2) is 0 Å². The van der Waals surface area contributed by atoms with Gasteiger partial charge in [0, 0.05) is 12.4 Å². The van der Waals surface area contributed by atoms with Crippen molar-refractivity contribution in [3.05, 3.63) is 150 Å². The Kier molecular flexibility index (Phi) is 7.35. The molecule has 0 radical (unpaired) electrons. The monoisotopic (exact) mass is 497 g/mol. The van der Waals surface area contributed by atoms with Gasteiger partial charge in [-0.1, -0.05) is 134 Å². The molecule has 3 nitrogen and oxygen atoms in total. The van der Waals surface area contributed by atoms with Crippen molar-refractivity contribution in [2.75, 3.05) is 6.67 Å². The summed E-state index contributed by atoms with van der Waals surface area (Å²) in [7, 11) is 0. The average molecular weight is 498 g/mol. The van der Waals surface area contributed by atoms with Crippen LogP contribution in [-0.2, 0) is 0 Å². The van der Waals surface area contributed by atoms with E-state index < -0.39 is 0 Å². The highest BCUT2D eigenvalue weighted by atomic mass is 15.4. The fourth-order valence-electron chi connectivity index (χ4n) is 6.01. The summed E-state index contributed by atoms with van der Waals surface area (Å²) in [5.74, 6) is 0. The molecule has 4 aromatic carbocycles. The fraction of sp³-hybridized carbons (Fsp3) is 0.229. The molecule has 0 N–H and O–H groups in total. The lowest BCUT2D eigenvalue weighted by molar-refractivity contribution is 0.154. The van der Waals surface area contributed by atoms with Gasteiger partial charge in [0.1, 0.15) is 0 Å². The van der Waals surface area contributed by atoms with Gasteiger partial charge < -0.3 is 9.80 Å². The quantitative estimate of drug-likeness (QED) is 0.243. The van der Waals surface area contributed by atoms with Gasteiger partial charge in [-0.3, -0.25) is 4.99 Å². The van der Waals surface area contributed by atoms with Crippen LogP contribution in [0, 0.1) is 0 Å². The van der Waals surface area contributed by atoms with E-state index in [-0.39, 0.29) is 12.1 Å². The van der Waals surface area contributed by atoms with Gasteiger partial charge in [-0.2, -0.15) is 0 Å². The molecule has 1 fully saturated rings. The number of hydrogen-bond donors (Lipinski definition) is 0. The van der Waals surface area contributed by atoms with Crippen LogP contribution in [0.5, 0.6) is 0 Å². The lowest BCUT2D eigenvalue weighted by Crippen LogP contribution is -2.45. The second-order valence-electron chi connectivity index (χ2n) is 10.3. The maximum absolute atomic E-state index is 5.18. The van der Waals surface area contributed by atoms with E-state index >= 15 is 0 Å². The summed E-state index contributed by atoms with van der Waals surface area (Å²) < 4.78 is 0. The molecule has 0 aromatic heterocycles. The molecule has 0 spiro atoms. The first kappa shape index (κ1) is 24.2. The molecule has 38 heavy (non-hydrogen) atoms. The minimum Gasteiger partial charge on any atom is -0.347 e. The van der Waals surface area contributed by atoms with Crippen LogP contribution >= 0.6 is 0 Å². The second kappa shape index (κ2) is 11.5. The van der Waals surface area contributed by atoms with E-state index in [1.807, 2.05) is 0 Å². The molecule has 190 valence electrons. The molecule has 3 heteroatoms. The lowest BCUT2D eigenvalue weighted by Gasteiger charge is -2.40. The summed E-state index contributed by atoms with van der Waals surface area (Å²) in [5.41, 5.74) is 6.37. The standard InChI is InChI=1S/C35H35N3/c1-5-15-28(16-6-1)25-36-32-23-13-14-24-33(32)38-27-37(26-34(38)29-17-7-2-8-18-29)35(30-19-9-3-10-20-30)31-21-11-4-12-22-31/h1-12,15-22,25-26,32-33,35H,13-14,23-24,27H2/t32-,33-/m1/s1. The predicted octanol–water partition coefficient (Wildman–Crippen LogP) is 7.78. The zero-order valence-electron chi connectivity index (χ0n) is 21.8. The highest BCUT2D eigenvalue weighted by Crippen LogP contribution is 2.39. The molecule has 6 rings (SSSR count). The molecular weight excluding hydrogens is 462 g/mol. The highest BCUT2D eigenvalue weighted by Gasteiger charge is 2.37. The molecular formula is C35H35N3. The van der Waals surface area contributed by atoms with Crippen LogP contribution in [0.4, 0.5) is 0 Å². The van der Waals surface area contributed by atoms with Gasteiger partial charge in [-0.05, 0) is 35.1 Å². The second-order valence-corrected chi connectivity index (χ2v) is 10.3. The van der Waals surface area contributed by atoms with Crippen molar-refractivity contribution in [1.82, 2.24) is 9.80 Å². The smallest absolute Gasteiger partial charge is 0.0912 e. The first-order valence-corrected chi connectivity index (χ1v) is 13.8. The summed E-state index contributed by atoms with van der Waals surface area (Å²) in [6.07, 6.45) is 9.27. The highest BCUT2D eigenvalue weighted by molar-refractivity contribution is 5.79. The lowest BCUT2D eigenvalue weighted by atomic mass is 9.89. The molecule has 1 aliphatic carbocycles. The molecule has 0 amide bonds. The Bertz CT molecular complexity index is 1310. The van der Waals surface area contributed by atoms with Gasteiger partial charge >= 0.3 is 0 Å². The first-order chi connectivity index (χ1) is 18.9. The third-order valence-electron chi connectivity index (χ3n) is 7.85. The van der Waals surface area contributed by atoms with Crippen LogP contribution in [0.1, 0.15) is 54.0 Å². The Balaban J connectivity index is 1.37. The number of benzene rings is 4. The minimum atomic E-state index is 0.149. The summed E-state index contributed by atoms with van der Waals surface area (Å²) in [6, 6.07) is 44.0. The van der Waals surface area contributed by atoms with Crippen molar-refractivity contribution in [1.29, 1.82) is 0 Å². The topological polar surface area (TPSA) is 18.8 Å². The molecule has 1 heterocycles. The van der Waals surface area contributed by atoms with E-state index in [2.05, 4.69) is 144 Å². The van der Waals surface area contributed by atoms with Crippen LogP contribution in [0.3, 0.4) is 0 Å². The third kappa shape index (κ3) is 5.28. The zero-order chi connectivity index (χ0) is 25.6. The summed E-state index contributed by atoms with van der Waals surface area (Å²) in [5, 5.41) is 0. The first-order valence-electron chi connectivity index (χ1n) is 13.8. The maximum Gasteiger partial charge on any atom is 0.0912 e. The van der Waals surface area contributed by atoms with Crippen LogP contribution in [0.2, 0.25) is 0 Å². The largest absolute Gasteiger partial charge is 0.347 e. The van der Waals surface area contributed by atoms with Crippen LogP contribution in [0.25, 0.3) is 5.70 Å². The van der Waals surface area contributed by atoms with Crippen molar-refractivity contribution in [3.63, 3.8) is 0 Å². The van der Waals surface area contributed by atoms with Crippen LogP contribution in [-0.4, -0.2) is 34.8 Å². The number of rotatable bonds is 7. The van der Waals surface area contributed by atoms with Gasteiger partial charge in [0.05, 0.1) is 30.5 Å². The molecule has 2 aliphatic rings. The van der Waals surface area contributed by atoms with Gasteiger partial charge in [-0.15, -0.1) is 0 Å². The zero-order valence-corrected chi connectivity index (χ0v) is 21.8. The van der Waals surface area contributed by atoms with E-state index in [0.717, 1.165) is 19.5 Å². The van der Waals surface area contributed by atoms with Crippen molar-refractivity contribution < 1.29 is 0 Å². The summed E-state index contributed by atoms with van der Waals surface area (Å²) in [6.45, 7) is 0.848. The Labute approximate surface area is 226 Å². The van der Waals surface area contributed by atoms with Crippen molar-refractivity contribution in [3.8, 4) is 0 Å². The number of aliphatic imine (C=N–C) groups is 1. The van der Waals surface area contributed by atoms with Crippen molar-refractivity contribution >= 4 is 11.9 Å². The SMILES string of the molecule is C(=N[C@@H]1CCCC[C@H]1N1CN(C(c2ccccc2)c2ccccc2)C=C1c1ccccc1)c1ccccc1. The Morgan fingerprint density at radius 3 is 1.84 bits per heavy atom. The van der Waals surface area contributed by atoms with E-state index in [1.54, 1.807) is 0 Å². The van der Waals surface area contributed by atoms with Gasteiger partial charge in [0.25, 0.3) is 0 Å². The molecule has 4 aromatic rings. The molecule has 2 atom stereocenters. The summed E-state index contributed by atoms with van der Waals surface area (Å²) in [4.78, 5) is 10.3. The normalized spacial score (nSPS) is 19.8. The van der Waals surface area contributed by atoms with E-state index in [1.165, 1.54) is 40.8 Å². The van der Waals surface area contributed by atoms with Gasteiger partial charge in [0.15, 0.2) is 0 Å². The van der Waals surface area contributed by atoms with Gasteiger partial charge in [0.2, 0.25) is 0 Å². The van der Waals surface area contributed by atoms with E-state index in [0.29, 0.717) is 6.04 Å². The number of nitrogens with zero attached hydrogens (tertiary/aromatic N) is 3. The fourth-order valence-corrected chi connectivity index (χ4v) is 6.01. The van der Waals surface area contributed by atoms with Crippen LogP contribution < -0.4 is 0 Å².